The van der Waals surface area contributed by atoms with Gasteiger partial charge in [0.1, 0.15) is 0 Å². The van der Waals surface area contributed by atoms with Gasteiger partial charge in [-0.05, 0) is 38.3 Å². The Balaban J connectivity index is 1.40. The number of aromatic nitrogens is 2. The third-order valence-electron chi connectivity index (χ3n) is 4.95. The Morgan fingerprint density at radius 1 is 1.25 bits per heavy atom. The third kappa shape index (κ3) is 3.48. The molecule has 0 amide bonds. The Kier molecular flexibility index (Phi) is 4.57. The lowest BCUT2D eigenvalue weighted by Crippen LogP contribution is -2.37. The van der Waals surface area contributed by atoms with Gasteiger partial charge in [-0.15, -0.1) is 0 Å². The normalized spacial score (nSPS) is 23.3. The highest BCUT2D eigenvalue weighted by atomic mass is 35.5. The zero-order valence-electron chi connectivity index (χ0n) is 13.6. The number of likely N-dealkylation sites (tertiary alicyclic amines) is 1. The molecule has 2 atom stereocenters. The molecule has 0 spiro atoms. The number of hydrogen-bond acceptors (Lipinski definition) is 5. The maximum Gasteiger partial charge on any atom is 0.229 e. The monoisotopic (exact) mass is 347 g/mol. The summed E-state index contributed by atoms with van der Waals surface area (Å²) in [5, 5.41) is 15.3. The number of rotatable bonds is 5. The van der Waals surface area contributed by atoms with Crippen LogP contribution in [0.25, 0.3) is 0 Å². The average Bonchev–Trinajstić information content (AvgIpc) is 3.32. The number of β-amino-alcohol motifs (C(OH)–C–C–N with tert-alkyl or cyclic N) is 1. The average molecular weight is 348 g/mol. The van der Waals surface area contributed by atoms with E-state index in [2.05, 4.69) is 15.0 Å². The van der Waals surface area contributed by atoms with Crippen LogP contribution >= 0.6 is 11.6 Å². The predicted octanol–water partition coefficient (Wildman–Crippen LogP) is 3.51. The molecule has 1 aliphatic carbocycles. The third-order valence-corrected chi connectivity index (χ3v) is 5.29. The number of piperidine rings is 1. The molecule has 4 rings (SSSR count). The molecule has 0 radical (unpaired) electrons. The van der Waals surface area contributed by atoms with Gasteiger partial charge in [0, 0.05) is 35.5 Å². The van der Waals surface area contributed by atoms with Gasteiger partial charge in [0.25, 0.3) is 0 Å². The summed E-state index contributed by atoms with van der Waals surface area (Å²) in [7, 11) is 0. The Bertz CT molecular complexity index is 701. The van der Waals surface area contributed by atoms with Crippen LogP contribution in [0.5, 0.6) is 0 Å². The molecule has 2 aliphatic rings. The van der Waals surface area contributed by atoms with Crippen molar-refractivity contribution in [1.29, 1.82) is 0 Å². The molecule has 2 aromatic rings. The van der Waals surface area contributed by atoms with E-state index in [-0.39, 0.29) is 5.92 Å². The molecule has 2 fully saturated rings. The van der Waals surface area contributed by atoms with Crippen LogP contribution in [-0.2, 0) is 0 Å². The van der Waals surface area contributed by atoms with Crippen LogP contribution in [0.4, 0.5) is 0 Å². The van der Waals surface area contributed by atoms with E-state index >= 15 is 0 Å². The summed E-state index contributed by atoms with van der Waals surface area (Å²) >= 11 is 6.19. The zero-order valence-corrected chi connectivity index (χ0v) is 14.3. The van der Waals surface area contributed by atoms with Gasteiger partial charge in [0.05, 0.1) is 6.10 Å². The van der Waals surface area contributed by atoms with Crippen molar-refractivity contribution in [2.24, 2.45) is 0 Å². The second-order valence-electron chi connectivity index (χ2n) is 6.90. The molecular formula is C18H22ClN3O2. The molecule has 5 nitrogen and oxygen atoms in total. The first-order chi connectivity index (χ1) is 11.7. The number of halogens is 1. The van der Waals surface area contributed by atoms with E-state index < -0.39 is 6.10 Å². The summed E-state index contributed by atoms with van der Waals surface area (Å²) in [6, 6.07) is 7.48. The highest BCUT2D eigenvalue weighted by Crippen LogP contribution is 2.39. The minimum Gasteiger partial charge on any atom is -0.387 e. The Hall–Kier alpha value is -1.43. The van der Waals surface area contributed by atoms with Gasteiger partial charge in [0.15, 0.2) is 5.82 Å². The first-order valence-corrected chi connectivity index (χ1v) is 9.07. The van der Waals surface area contributed by atoms with Crippen molar-refractivity contribution >= 4 is 11.6 Å². The van der Waals surface area contributed by atoms with E-state index in [1.54, 1.807) is 0 Å². The molecule has 128 valence electrons. The van der Waals surface area contributed by atoms with Gasteiger partial charge in [0.2, 0.25) is 5.89 Å². The maximum atomic E-state index is 10.5. The van der Waals surface area contributed by atoms with E-state index in [0.29, 0.717) is 17.5 Å². The van der Waals surface area contributed by atoms with E-state index in [1.807, 2.05) is 24.3 Å². The molecule has 0 unspecified atom stereocenters. The molecular weight excluding hydrogens is 326 g/mol. The van der Waals surface area contributed by atoms with Gasteiger partial charge in [-0.2, -0.15) is 4.98 Å². The van der Waals surface area contributed by atoms with Crippen LogP contribution in [0.1, 0.15) is 60.9 Å². The van der Waals surface area contributed by atoms with E-state index in [1.165, 1.54) is 12.8 Å². The minimum atomic E-state index is -0.579. The van der Waals surface area contributed by atoms with Crippen molar-refractivity contribution in [2.75, 3.05) is 19.6 Å². The lowest BCUT2D eigenvalue weighted by Gasteiger charge is -2.32. The number of aliphatic hydroxyl groups is 1. The lowest BCUT2D eigenvalue weighted by atomic mass is 9.96. The number of nitrogens with zero attached hydrogens (tertiary/aromatic N) is 3. The van der Waals surface area contributed by atoms with Crippen molar-refractivity contribution in [3.8, 4) is 0 Å². The highest BCUT2D eigenvalue weighted by Gasteiger charge is 2.32. The lowest BCUT2D eigenvalue weighted by molar-refractivity contribution is 0.0943. The molecule has 6 heteroatoms. The van der Waals surface area contributed by atoms with Crippen LogP contribution < -0.4 is 0 Å². The molecule has 1 aliphatic heterocycles. The fraction of sp³-hybridized carbons (Fsp3) is 0.556. The molecule has 2 heterocycles. The van der Waals surface area contributed by atoms with Crippen LogP contribution in [0.15, 0.2) is 28.8 Å². The standard InChI is InChI=1S/C18H22ClN3O2/c19-15-6-2-1-5-14(15)16(23)11-22-9-3-4-13(10-22)17-20-18(24-21-17)12-7-8-12/h1-2,5-6,12-13,16,23H,3-4,7-11H2/t13-,16+/m0/s1. The topological polar surface area (TPSA) is 62.4 Å². The molecule has 24 heavy (non-hydrogen) atoms. The quantitative estimate of drug-likeness (QED) is 0.896. The number of aliphatic hydroxyl groups excluding tert-OH is 1. The van der Waals surface area contributed by atoms with Crippen LogP contribution in [0.2, 0.25) is 5.02 Å². The van der Waals surface area contributed by atoms with Crippen LogP contribution in [0.3, 0.4) is 0 Å². The fourth-order valence-corrected chi connectivity index (χ4v) is 3.69. The summed E-state index contributed by atoms with van der Waals surface area (Å²) in [5.74, 6) is 2.41. The Morgan fingerprint density at radius 3 is 2.88 bits per heavy atom. The van der Waals surface area contributed by atoms with Crippen molar-refractivity contribution in [3.05, 3.63) is 46.6 Å². The van der Waals surface area contributed by atoms with Crippen molar-refractivity contribution in [3.63, 3.8) is 0 Å². The van der Waals surface area contributed by atoms with Gasteiger partial charge >= 0.3 is 0 Å². The smallest absolute Gasteiger partial charge is 0.229 e. The molecule has 0 bridgehead atoms. The van der Waals surface area contributed by atoms with Crippen molar-refractivity contribution in [1.82, 2.24) is 15.0 Å². The number of benzene rings is 1. The maximum absolute atomic E-state index is 10.5. The fourth-order valence-electron chi connectivity index (χ4n) is 3.43. The predicted molar refractivity (Wildman–Crippen MR) is 91.1 cm³/mol. The zero-order chi connectivity index (χ0) is 16.5. The van der Waals surface area contributed by atoms with Gasteiger partial charge in [-0.25, -0.2) is 0 Å². The second kappa shape index (κ2) is 6.82. The van der Waals surface area contributed by atoms with Gasteiger partial charge in [-0.3, -0.25) is 4.90 Å². The van der Waals surface area contributed by atoms with E-state index in [0.717, 1.165) is 43.2 Å². The second-order valence-corrected chi connectivity index (χ2v) is 7.31. The summed E-state index contributed by atoms with van der Waals surface area (Å²) in [6.07, 6.45) is 3.91. The molecule has 1 aromatic carbocycles. The summed E-state index contributed by atoms with van der Waals surface area (Å²) in [6.45, 7) is 2.41. The first-order valence-electron chi connectivity index (χ1n) is 8.69. The summed E-state index contributed by atoms with van der Waals surface area (Å²) in [4.78, 5) is 6.87. The molecule has 1 aromatic heterocycles. The van der Waals surface area contributed by atoms with Crippen molar-refractivity contribution in [2.45, 2.75) is 43.6 Å². The van der Waals surface area contributed by atoms with Crippen LogP contribution in [-0.4, -0.2) is 39.8 Å². The Morgan fingerprint density at radius 2 is 2.08 bits per heavy atom. The summed E-state index contributed by atoms with van der Waals surface area (Å²) in [5.41, 5.74) is 0.789. The largest absolute Gasteiger partial charge is 0.387 e. The summed E-state index contributed by atoms with van der Waals surface area (Å²) < 4.78 is 5.40. The first kappa shape index (κ1) is 16.1. The van der Waals surface area contributed by atoms with Crippen molar-refractivity contribution < 1.29 is 9.63 Å². The molecule has 1 saturated carbocycles. The van der Waals surface area contributed by atoms with E-state index in [4.69, 9.17) is 16.1 Å². The SMILES string of the molecule is O[C@H](CN1CCC[C@H](c2noc(C3CC3)n2)C1)c1ccccc1Cl. The molecule has 1 N–H and O–H groups in total. The van der Waals surface area contributed by atoms with Gasteiger partial charge < -0.3 is 9.63 Å². The Labute approximate surface area is 146 Å². The molecule has 1 saturated heterocycles. The minimum absolute atomic E-state index is 0.286. The van der Waals surface area contributed by atoms with Crippen LogP contribution in [0, 0.1) is 0 Å². The van der Waals surface area contributed by atoms with E-state index in [9.17, 15) is 5.11 Å². The van der Waals surface area contributed by atoms with Gasteiger partial charge in [-0.1, -0.05) is 35.0 Å². The highest BCUT2D eigenvalue weighted by molar-refractivity contribution is 6.31. The number of hydrogen-bond donors (Lipinski definition) is 1.